The molecule has 0 aliphatic carbocycles. The smallest absolute Gasteiger partial charge is 0.0626 e. The number of hydrogen-bond acceptors (Lipinski definition) is 2. The van der Waals surface area contributed by atoms with Crippen LogP contribution in [0.3, 0.4) is 0 Å². The minimum absolute atomic E-state index is 0.0485. The lowest BCUT2D eigenvalue weighted by molar-refractivity contribution is -0.0154. The molecule has 0 fully saturated rings. The van der Waals surface area contributed by atoms with Gasteiger partial charge < -0.3 is 10.1 Å². The predicted octanol–water partition coefficient (Wildman–Crippen LogP) is 3.80. The Kier molecular flexibility index (Phi) is 7.11. The quantitative estimate of drug-likeness (QED) is 0.770. The molecule has 1 aromatic carbocycles. The van der Waals surface area contributed by atoms with Crippen molar-refractivity contribution in [3.63, 3.8) is 0 Å². The summed E-state index contributed by atoms with van der Waals surface area (Å²) >= 11 is 0. The third-order valence-electron chi connectivity index (χ3n) is 3.07. The molecule has 2 heteroatoms. The fourth-order valence-electron chi connectivity index (χ4n) is 2.08. The molecule has 1 unspecified atom stereocenters. The first-order valence-electron chi connectivity index (χ1n) is 7.42. The summed E-state index contributed by atoms with van der Waals surface area (Å²) in [6.45, 7) is 10.3. The van der Waals surface area contributed by atoms with Crippen molar-refractivity contribution in [2.45, 2.75) is 58.6 Å². The summed E-state index contributed by atoms with van der Waals surface area (Å²) in [5.41, 5.74) is 1.38. The van der Waals surface area contributed by atoms with Crippen LogP contribution in [0.25, 0.3) is 0 Å². The minimum Gasteiger partial charge on any atom is -0.374 e. The van der Waals surface area contributed by atoms with Crippen molar-refractivity contribution >= 4 is 0 Å². The first-order chi connectivity index (χ1) is 9.01. The van der Waals surface area contributed by atoms with Crippen molar-refractivity contribution in [3.05, 3.63) is 35.9 Å². The van der Waals surface area contributed by atoms with Crippen molar-refractivity contribution < 1.29 is 4.74 Å². The van der Waals surface area contributed by atoms with Crippen LogP contribution in [-0.2, 0) is 11.2 Å². The van der Waals surface area contributed by atoms with Crippen LogP contribution in [0.5, 0.6) is 0 Å². The Hall–Kier alpha value is -0.860. The summed E-state index contributed by atoms with van der Waals surface area (Å²) in [4.78, 5) is 0. The molecule has 0 bridgehead atoms. The van der Waals surface area contributed by atoms with E-state index in [0.717, 1.165) is 19.6 Å². The molecule has 0 radical (unpaired) electrons. The van der Waals surface area contributed by atoms with Crippen LogP contribution in [0.2, 0.25) is 0 Å². The molecule has 0 spiro atoms. The molecule has 19 heavy (non-hydrogen) atoms. The second kappa shape index (κ2) is 8.34. The zero-order chi connectivity index (χ0) is 14.1. The molecular formula is C17H29NO. The van der Waals surface area contributed by atoms with Crippen molar-refractivity contribution in [2.75, 3.05) is 13.2 Å². The first-order valence-corrected chi connectivity index (χ1v) is 7.42. The molecule has 0 amide bonds. The van der Waals surface area contributed by atoms with E-state index in [4.69, 9.17) is 4.74 Å². The van der Waals surface area contributed by atoms with E-state index in [2.05, 4.69) is 63.3 Å². The van der Waals surface area contributed by atoms with Gasteiger partial charge in [0.1, 0.15) is 0 Å². The highest BCUT2D eigenvalue weighted by Gasteiger charge is 2.14. The van der Waals surface area contributed by atoms with Crippen molar-refractivity contribution in [3.8, 4) is 0 Å². The van der Waals surface area contributed by atoms with E-state index in [1.165, 1.54) is 18.4 Å². The fraction of sp³-hybridized carbons (Fsp3) is 0.647. The van der Waals surface area contributed by atoms with Gasteiger partial charge in [0.2, 0.25) is 0 Å². The third kappa shape index (κ3) is 8.02. The lowest BCUT2D eigenvalue weighted by Gasteiger charge is -2.25. The van der Waals surface area contributed by atoms with Crippen LogP contribution in [0.1, 0.15) is 46.1 Å². The highest BCUT2D eigenvalue weighted by atomic mass is 16.5. The average Bonchev–Trinajstić information content (AvgIpc) is 2.36. The molecule has 0 aliphatic rings. The maximum absolute atomic E-state index is 5.88. The highest BCUT2D eigenvalue weighted by Crippen LogP contribution is 2.11. The number of ether oxygens (including phenoxy) is 1. The summed E-state index contributed by atoms with van der Waals surface area (Å²) in [6.07, 6.45) is 3.52. The summed E-state index contributed by atoms with van der Waals surface area (Å²) in [6, 6.07) is 11.2. The average molecular weight is 263 g/mol. The largest absolute Gasteiger partial charge is 0.374 e. The van der Waals surface area contributed by atoms with Gasteiger partial charge >= 0.3 is 0 Å². The number of likely N-dealkylation sites (N-methyl/N-ethyl adjacent to an activating group) is 1. The van der Waals surface area contributed by atoms with Gasteiger partial charge in [0.05, 0.1) is 12.2 Å². The maximum Gasteiger partial charge on any atom is 0.0626 e. The van der Waals surface area contributed by atoms with E-state index in [-0.39, 0.29) is 5.60 Å². The van der Waals surface area contributed by atoms with E-state index in [1.807, 2.05) is 0 Å². The Bertz CT molecular complexity index is 329. The molecule has 0 saturated heterocycles. The summed E-state index contributed by atoms with van der Waals surface area (Å²) in [7, 11) is 0. The monoisotopic (exact) mass is 263 g/mol. The van der Waals surface area contributed by atoms with Gasteiger partial charge in [-0.25, -0.2) is 0 Å². The molecule has 1 aromatic rings. The Morgan fingerprint density at radius 2 is 1.84 bits per heavy atom. The van der Waals surface area contributed by atoms with Crippen molar-refractivity contribution in [1.29, 1.82) is 0 Å². The molecule has 2 nitrogen and oxygen atoms in total. The van der Waals surface area contributed by atoms with Gasteiger partial charge in [-0.15, -0.1) is 0 Å². The molecule has 0 saturated carbocycles. The molecule has 1 N–H and O–H groups in total. The predicted molar refractivity (Wildman–Crippen MR) is 82.5 cm³/mol. The topological polar surface area (TPSA) is 21.3 Å². The molecule has 0 aliphatic heterocycles. The fourth-order valence-corrected chi connectivity index (χ4v) is 2.08. The van der Waals surface area contributed by atoms with Crippen LogP contribution >= 0.6 is 0 Å². The molecule has 1 rings (SSSR count). The number of rotatable bonds is 8. The molecule has 1 atom stereocenters. The highest BCUT2D eigenvalue weighted by molar-refractivity contribution is 5.14. The van der Waals surface area contributed by atoms with Gasteiger partial charge in [-0.2, -0.15) is 0 Å². The Labute approximate surface area is 118 Å². The number of aryl methyl sites for hydroxylation is 1. The lowest BCUT2D eigenvalue weighted by atomic mass is 10.0. The van der Waals surface area contributed by atoms with E-state index in [9.17, 15) is 0 Å². The van der Waals surface area contributed by atoms with Gasteiger partial charge in [0.15, 0.2) is 0 Å². The van der Waals surface area contributed by atoms with E-state index in [1.54, 1.807) is 0 Å². The second-order valence-electron chi connectivity index (χ2n) is 6.06. The van der Waals surface area contributed by atoms with Crippen LogP contribution in [-0.4, -0.2) is 24.8 Å². The van der Waals surface area contributed by atoms with Crippen LogP contribution in [0.4, 0.5) is 0 Å². The van der Waals surface area contributed by atoms with Gasteiger partial charge in [-0.1, -0.05) is 37.3 Å². The van der Waals surface area contributed by atoms with Crippen LogP contribution in [0, 0.1) is 0 Å². The van der Waals surface area contributed by atoms with E-state index >= 15 is 0 Å². The van der Waals surface area contributed by atoms with Crippen LogP contribution < -0.4 is 5.32 Å². The number of hydrogen-bond donors (Lipinski definition) is 1. The molecule has 0 aromatic heterocycles. The minimum atomic E-state index is -0.0485. The first kappa shape index (κ1) is 16.2. The van der Waals surface area contributed by atoms with Crippen molar-refractivity contribution in [2.24, 2.45) is 0 Å². The van der Waals surface area contributed by atoms with E-state index in [0.29, 0.717) is 6.04 Å². The Balaban J connectivity index is 2.29. The number of nitrogens with one attached hydrogen (secondary N) is 1. The lowest BCUT2D eigenvalue weighted by Crippen LogP contribution is -2.36. The molecular weight excluding hydrogens is 234 g/mol. The van der Waals surface area contributed by atoms with Gasteiger partial charge in [-0.05, 0) is 52.1 Å². The maximum atomic E-state index is 5.88. The zero-order valence-corrected chi connectivity index (χ0v) is 12.9. The summed E-state index contributed by atoms with van der Waals surface area (Å²) in [5.74, 6) is 0. The SMILES string of the molecule is CCNC(CCCc1ccccc1)COC(C)(C)C. The van der Waals surface area contributed by atoms with Gasteiger partial charge in [-0.3, -0.25) is 0 Å². The normalized spacial score (nSPS) is 13.5. The molecule has 0 heterocycles. The van der Waals surface area contributed by atoms with Crippen LogP contribution in [0.15, 0.2) is 30.3 Å². The van der Waals surface area contributed by atoms with Gasteiger partial charge in [0, 0.05) is 6.04 Å². The standard InChI is InChI=1S/C17H29NO/c1-5-18-16(14-19-17(2,3)4)13-9-12-15-10-7-6-8-11-15/h6-8,10-11,16,18H,5,9,12-14H2,1-4H3. The second-order valence-corrected chi connectivity index (χ2v) is 6.06. The third-order valence-corrected chi connectivity index (χ3v) is 3.07. The Morgan fingerprint density at radius 3 is 2.42 bits per heavy atom. The zero-order valence-electron chi connectivity index (χ0n) is 12.9. The summed E-state index contributed by atoms with van der Waals surface area (Å²) in [5, 5.41) is 3.52. The summed E-state index contributed by atoms with van der Waals surface area (Å²) < 4.78 is 5.88. The van der Waals surface area contributed by atoms with Gasteiger partial charge in [0.25, 0.3) is 0 Å². The van der Waals surface area contributed by atoms with E-state index < -0.39 is 0 Å². The number of benzene rings is 1. The van der Waals surface area contributed by atoms with Crippen molar-refractivity contribution in [1.82, 2.24) is 5.32 Å². The molecule has 108 valence electrons. The Morgan fingerprint density at radius 1 is 1.16 bits per heavy atom.